The lowest BCUT2D eigenvalue weighted by molar-refractivity contribution is 0.148. The molecular formula is C13H13N3O. The third-order valence-electron chi connectivity index (χ3n) is 2.91. The van der Waals surface area contributed by atoms with Gasteiger partial charge < -0.3 is 4.74 Å². The molecule has 0 saturated carbocycles. The highest BCUT2D eigenvalue weighted by Gasteiger charge is 2.10. The molecule has 0 unspecified atom stereocenters. The van der Waals surface area contributed by atoms with Gasteiger partial charge in [0.2, 0.25) is 0 Å². The maximum Gasteiger partial charge on any atom is 0.116 e. The molecule has 2 aromatic heterocycles. The number of ether oxygens (including phenoxy) is 1. The molecule has 3 rings (SSSR count). The molecule has 86 valence electrons. The zero-order chi connectivity index (χ0) is 11.5. The predicted octanol–water partition coefficient (Wildman–Crippen LogP) is 2.22. The average molecular weight is 227 g/mol. The van der Waals surface area contributed by atoms with Gasteiger partial charge in [0, 0.05) is 17.8 Å². The van der Waals surface area contributed by atoms with E-state index in [4.69, 9.17) is 4.74 Å². The van der Waals surface area contributed by atoms with Crippen molar-refractivity contribution >= 4 is 16.5 Å². The summed E-state index contributed by atoms with van der Waals surface area (Å²) in [6.45, 7) is 1.56. The van der Waals surface area contributed by atoms with E-state index in [0.29, 0.717) is 0 Å². The van der Waals surface area contributed by atoms with E-state index in [-0.39, 0.29) is 0 Å². The van der Waals surface area contributed by atoms with E-state index in [1.165, 1.54) is 5.57 Å². The summed E-state index contributed by atoms with van der Waals surface area (Å²) in [4.78, 5) is 12.8. The van der Waals surface area contributed by atoms with E-state index < -0.39 is 0 Å². The number of nitrogens with zero attached hydrogens (tertiary/aromatic N) is 3. The minimum Gasteiger partial charge on any atom is -0.381 e. The topological polar surface area (TPSA) is 47.9 Å². The Labute approximate surface area is 99.4 Å². The molecule has 0 aromatic carbocycles. The van der Waals surface area contributed by atoms with Crippen LogP contribution in [0.2, 0.25) is 0 Å². The summed E-state index contributed by atoms with van der Waals surface area (Å²) in [5, 5.41) is 1.02. The maximum atomic E-state index is 5.45. The van der Waals surface area contributed by atoms with Crippen LogP contribution in [0.3, 0.4) is 0 Å². The number of hydrogen-bond acceptors (Lipinski definition) is 4. The van der Waals surface area contributed by atoms with Gasteiger partial charge in [-0.2, -0.15) is 0 Å². The van der Waals surface area contributed by atoms with Gasteiger partial charge in [-0.05, 0) is 24.5 Å². The lowest BCUT2D eigenvalue weighted by Crippen LogP contribution is -1.96. The largest absolute Gasteiger partial charge is 0.381 e. The van der Waals surface area contributed by atoms with Gasteiger partial charge >= 0.3 is 0 Å². The standard InChI is InChI=1S/C13H13N3O/c1-2-10(4-7-17-6-1)13-11-8-14-5-3-12(11)15-9-16-13/h2-3,5,8-9H,1,4,6-7H2. The number of fused-ring (bicyclic) bond motifs is 1. The minimum atomic E-state index is 0.761. The van der Waals surface area contributed by atoms with Crippen molar-refractivity contribution in [1.29, 1.82) is 0 Å². The highest BCUT2D eigenvalue weighted by molar-refractivity contribution is 5.88. The van der Waals surface area contributed by atoms with Crippen LogP contribution in [0.15, 0.2) is 30.9 Å². The summed E-state index contributed by atoms with van der Waals surface area (Å²) in [5.74, 6) is 0. The molecule has 0 spiro atoms. The van der Waals surface area contributed by atoms with Crippen LogP contribution in [-0.4, -0.2) is 28.2 Å². The van der Waals surface area contributed by atoms with Gasteiger partial charge in [-0.1, -0.05) is 6.08 Å². The number of hydrogen-bond donors (Lipinski definition) is 0. The number of aromatic nitrogens is 3. The second-order valence-corrected chi connectivity index (χ2v) is 4.00. The highest BCUT2D eigenvalue weighted by Crippen LogP contribution is 2.24. The SMILES string of the molecule is C1=C(c2ncnc3ccncc23)CCOCC1. The van der Waals surface area contributed by atoms with E-state index >= 15 is 0 Å². The molecule has 2 aromatic rings. The normalized spacial score (nSPS) is 16.6. The van der Waals surface area contributed by atoms with E-state index in [0.717, 1.165) is 42.7 Å². The summed E-state index contributed by atoms with van der Waals surface area (Å²) in [5.41, 5.74) is 3.17. The zero-order valence-corrected chi connectivity index (χ0v) is 9.47. The lowest BCUT2D eigenvalue weighted by Gasteiger charge is -2.07. The van der Waals surface area contributed by atoms with Crippen LogP contribution in [0.25, 0.3) is 16.5 Å². The molecule has 4 nitrogen and oxygen atoms in total. The van der Waals surface area contributed by atoms with Crippen molar-refractivity contribution in [3.05, 3.63) is 36.6 Å². The van der Waals surface area contributed by atoms with Gasteiger partial charge in [-0.25, -0.2) is 9.97 Å². The summed E-state index contributed by atoms with van der Waals surface area (Å²) < 4.78 is 5.45. The summed E-state index contributed by atoms with van der Waals surface area (Å²) >= 11 is 0. The molecule has 0 bridgehead atoms. The smallest absolute Gasteiger partial charge is 0.116 e. The molecule has 3 heterocycles. The highest BCUT2D eigenvalue weighted by atomic mass is 16.5. The lowest BCUT2D eigenvalue weighted by atomic mass is 10.0. The molecule has 1 aliphatic rings. The molecule has 4 heteroatoms. The molecule has 17 heavy (non-hydrogen) atoms. The number of rotatable bonds is 1. The summed E-state index contributed by atoms with van der Waals surface area (Å²) in [6.07, 6.45) is 9.26. The van der Waals surface area contributed by atoms with Gasteiger partial charge in [0.05, 0.1) is 24.4 Å². The fourth-order valence-corrected chi connectivity index (χ4v) is 2.07. The third-order valence-corrected chi connectivity index (χ3v) is 2.91. The van der Waals surface area contributed by atoms with E-state index in [9.17, 15) is 0 Å². The quantitative estimate of drug-likeness (QED) is 0.749. The Hall–Kier alpha value is -1.81. The van der Waals surface area contributed by atoms with Crippen LogP contribution in [0.4, 0.5) is 0 Å². The van der Waals surface area contributed by atoms with Crippen molar-refractivity contribution in [1.82, 2.24) is 15.0 Å². The van der Waals surface area contributed by atoms with Crippen LogP contribution >= 0.6 is 0 Å². The van der Waals surface area contributed by atoms with Crippen molar-refractivity contribution in [2.75, 3.05) is 13.2 Å². The zero-order valence-electron chi connectivity index (χ0n) is 9.47. The van der Waals surface area contributed by atoms with Gasteiger partial charge in [-0.15, -0.1) is 0 Å². The molecular weight excluding hydrogens is 214 g/mol. The first-order valence-electron chi connectivity index (χ1n) is 5.77. The van der Waals surface area contributed by atoms with Gasteiger partial charge in [-0.3, -0.25) is 4.98 Å². The molecule has 0 aliphatic carbocycles. The Morgan fingerprint density at radius 1 is 1.18 bits per heavy atom. The molecule has 0 radical (unpaired) electrons. The maximum absolute atomic E-state index is 5.45. The predicted molar refractivity (Wildman–Crippen MR) is 65.4 cm³/mol. The van der Waals surface area contributed by atoms with Gasteiger partial charge in [0.15, 0.2) is 0 Å². The van der Waals surface area contributed by atoms with E-state index in [1.54, 1.807) is 12.5 Å². The molecule has 0 atom stereocenters. The fourth-order valence-electron chi connectivity index (χ4n) is 2.07. The van der Waals surface area contributed by atoms with Crippen molar-refractivity contribution in [2.45, 2.75) is 12.8 Å². The molecule has 0 saturated heterocycles. The Morgan fingerprint density at radius 2 is 2.18 bits per heavy atom. The Bertz CT molecular complexity index is 560. The minimum absolute atomic E-state index is 0.761. The monoisotopic (exact) mass is 227 g/mol. The van der Waals surface area contributed by atoms with Crippen LogP contribution in [-0.2, 0) is 4.74 Å². The first-order valence-corrected chi connectivity index (χ1v) is 5.77. The fraction of sp³-hybridized carbons (Fsp3) is 0.308. The second kappa shape index (κ2) is 4.59. The molecule has 0 amide bonds. The second-order valence-electron chi connectivity index (χ2n) is 4.00. The molecule has 0 fully saturated rings. The van der Waals surface area contributed by atoms with Crippen LogP contribution in [0.5, 0.6) is 0 Å². The Kier molecular flexibility index (Phi) is 2.80. The Balaban J connectivity index is 2.13. The molecule has 1 aliphatic heterocycles. The summed E-state index contributed by atoms with van der Waals surface area (Å²) in [7, 11) is 0. The van der Waals surface area contributed by atoms with Crippen molar-refractivity contribution < 1.29 is 4.74 Å². The van der Waals surface area contributed by atoms with Gasteiger partial charge in [0.25, 0.3) is 0 Å². The summed E-state index contributed by atoms with van der Waals surface area (Å²) in [6, 6.07) is 1.91. The van der Waals surface area contributed by atoms with Crippen LogP contribution < -0.4 is 0 Å². The first kappa shape index (κ1) is 10.4. The van der Waals surface area contributed by atoms with Gasteiger partial charge in [0.1, 0.15) is 6.33 Å². The van der Waals surface area contributed by atoms with Crippen molar-refractivity contribution in [2.24, 2.45) is 0 Å². The number of pyridine rings is 1. The van der Waals surface area contributed by atoms with Crippen molar-refractivity contribution in [3.63, 3.8) is 0 Å². The van der Waals surface area contributed by atoms with E-state index in [2.05, 4.69) is 21.0 Å². The third kappa shape index (κ3) is 2.03. The average Bonchev–Trinajstić information content (AvgIpc) is 2.67. The Morgan fingerprint density at radius 3 is 3.18 bits per heavy atom. The van der Waals surface area contributed by atoms with Crippen LogP contribution in [0.1, 0.15) is 18.5 Å². The molecule has 0 N–H and O–H groups in total. The van der Waals surface area contributed by atoms with Crippen LogP contribution in [0, 0.1) is 0 Å². The van der Waals surface area contributed by atoms with E-state index in [1.807, 2.05) is 12.3 Å². The first-order chi connectivity index (χ1) is 8.45. The van der Waals surface area contributed by atoms with Crippen molar-refractivity contribution in [3.8, 4) is 0 Å².